The van der Waals surface area contributed by atoms with E-state index in [0.717, 1.165) is 31.5 Å². The number of aromatic nitrogens is 2. The molecule has 2 rings (SSSR count). The fraction of sp³-hybridized carbons (Fsp3) is 0.538. The number of hydrogen-bond acceptors (Lipinski definition) is 2. The number of aromatic amines is 1. The highest BCUT2D eigenvalue weighted by molar-refractivity contribution is 5.79. The predicted octanol–water partition coefficient (Wildman–Crippen LogP) is 2.83. The van der Waals surface area contributed by atoms with E-state index >= 15 is 0 Å². The summed E-state index contributed by atoms with van der Waals surface area (Å²) in [4.78, 5) is 19.1. The zero-order chi connectivity index (χ0) is 11.4. The van der Waals surface area contributed by atoms with E-state index < -0.39 is 0 Å². The molecule has 0 amide bonds. The van der Waals surface area contributed by atoms with Gasteiger partial charge in [-0.15, -0.1) is 6.58 Å². The smallest absolute Gasteiger partial charge is 0.133 e. The normalized spacial score (nSPS) is 26.4. The minimum atomic E-state index is 0.374. The van der Waals surface area contributed by atoms with Crippen molar-refractivity contribution in [1.29, 1.82) is 0 Å². The van der Waals surface area contributed by atoms with Gasteiger partial charge in [0, 0.05) is 31.2 Å². The summed E-state index contributed by atoms with van der Waals surface area (Å²) in [6, 6.07) is 0. The summed E-state index contributed by atoms with van der Waals surface area (Å²) in [6.45, 7) is 3.78. The van der Waals surface area contributed by atoms with Crippen LogP contribution in [0.1, 0.15) is 43.8 Å². The van der Waals surface area contributed by atoms with Gasteiger partial charge in [0.2, 0.25) is 0 Å². The van der Waals surface area contributed by atoms with Crippen LogP contribution in [0.5, 0.6) is 0 Å². The molecule has 1 aromatic heterocycles. The molecule has 16 heavy (non-hydrogen) atoms. The Hall–Kier alpha value is -1.38. The van der Waals surface area contributed by atoms with Crippen LogP contribution in [0.15, 0.2) is 25.0 Å². The third-order valence-electron chi connectivity index (χ3n) is 3.37. The topological polar surface area (TPSA) is 45.8 Å². The van der Waals surface area contributed by atoms with Crippen molar-refractivity contribution < 1.29 is 4.79 Å². The van der Waals surface area contributed by atoms with E-state index in [9.17, 15) is 4.79 Å². The van der Waals surface area contributed by atoms with Gasteiger partial charge in [-0.25, -0.2) is 4.98 Å². The van der Waals surface area contributed by atoms with E-state index in [4.69, 9.17) is 0 Å². The number of nitrogens with zero attached hydrogens (tertiary/aromatic N) is 1. The van der Waals surface area contributed by atoms with Crippen LogP contribution in [-0.2, 0) is 4.79 Å². The average Bonchev–Trinajstić information content (AvgIpc) is 2.71. The number of carbonyl (C=O) groups excluding carboxylic acids is 1. The Bertz CT molecular complexity index is 356. The van der Waals surface area contributed by atoms with Crippen LogP contribution in [0.3, 0.4) is 0 Å². The fourth-order valence-electron chi connectivity index (χ4n) is 2.59. The number of carbonyl (C=O) groups is 1. The van der Waals surface area contributed by atoms with Crippen molar-refractivity contribution in [3.8, 4) is 0 Å². The molecule has 1 heterocycles. The quantitative estimate of drug-likeness (QED) is 0.626. The monoisotopic (exact) mass is 218 g/mol. The maximum absolute atomic E-state index is 11.6. The van der Waals surface area contributed by atoms with Crippen molar-refractivity contribution in [2.24, 2.45) is 5.92 Å². The minimum Gasteiger partial charge on any atom is -0.348 e. The molecule has 3 nitrogen and oxygen atoms in total. The lowest BCUT2D eigenvalue weighted by atomic mass is 9.85. The van der Waals surface area contributed by atoms with E-state index in [-0.39, 0.29) is 0 Å². The molecule has 3 heteroatoms. The molecule has 86 valence electrons. The van der Waals surface area contributed by atoms with Crippen molar-refractivity contribution in [1.82, 2.24) is 9.97 Å². The van der Waals surface area contributed by atoms with Crippen LogP contribution in [-0.4, -0.2) is 15.8 Å². The molecule has 0 aromatic carbocycles. The van der Waals surface area contributed by atoms with Crippen molar-refractivity contribution >= 4 is 5.78 Å². The number of nitrogens with one attached hydrogen (secondary N) is 1. The predicted molar refractivity (Wildman–Crippen MR) is 63.1 cm³/mol. The largest absolute Gasteiger partial charge is 0.348 e. The number of imidazole rings is 1. The first kappa shape index (κ1) is 11.1. The van der Waals surface area contributed by atoms with Crippen LogP contribution in [0.25, 0.3) is 0 Å². The van der Waals surface area contributed by atoms with Gasteiger partial charge in [0.15, 0.2) is 0 Å². The molecular formula is C13H18N2O. The molecule has 2 unspecified atom stereocenters. The van der Waals surface area contributed by atoms with Crippen LogP contribution in [0, 0.1) is 5.92 Å². The molecule has 1 saturated carbocycles. The summed E-state index contributed by atoms with van der Waals surface area (Å²) in [6.07, 6.45) is 9.90. The van der Waals surface area contributed by atoms with Crippen molar-refractivity contribution in [2.45, 2.75) is 38.0 Å². The second-order valence-corrected chi connectivity index (χ2v) is 4.50. The van der Waals surface area contributed by atoms with Crippen molar-refractivity contribution in [3.63, 3.8) is 0 Å². The lowest BCUT2D eigenvalue weighted by molar-refractivity contribution is -0.119. The summed E-state index contributed by atoms with van der Waals surface area (Å²) in [5, 5.41) is 0. The Labute approximate surface area is 96.0 Å². The number of allylic oxidation sites excluding steroid dienone is 1. The maximum atomic E-state index is 11.6. The van der Waals surface area contributed by atoms with Crippen LogP contribution < -0.4 is 0 Å². The molecule has 0 radical (unpaired) electrons. The third-order valence-corrected chi connectivity index (χ3v) is 3.37. The summed E-state index contributed by atoms with van der Waals surface area (Å²) >= 11 is 0. The first-order chi connectivity index (χ1) is 7.81. The number of ketones is 1. The van der Waals surface area contributed by atoms with E-state index in [1.54, 1.807) is 6.20 Å². The molecule has 0 bridgehead atoms. The molecule has 1 aromatic rings. The van der Waals surface area contributed by atoms with Gasteiger partial charge < -0.3 is 4.98 Å². The second-order valence-electron chi connectivity index (χ2n) is 4.50. The SMILES string of the molecule is C=CCC1CC(=O)CCCC1c1ncc[nH]1. The highest BCUT2D eigenvalue weighted by atomic mass is 16.1. The Morgan fingerprint density at radius 3 is 3.19 bits per heavy atom. The number of H-pyrrole nitrogens is 1. The summed E-state index contributed by atoms with van der Waals surface area (Å²) in [7, 11) is 0. The first-order valence-corrected chi connectivity index (χ1v) is 5.93. The Balaban J connectivity index is 2.18. The van der Waals surface area contributed by atoms with Gasteiger partial charge in [-0.05, 0) is 25.2 Å². The van der Waals surface area contributed by atoms with Gasteiger partial charge in [0.05, 0.1) is 0 Å². The molecule has 2 atom stereocenters. The highest BCUT2D eigenvalue weighted by Crippen LogP contribution is 2.35. The van der Waals surface area contributed by atoms with Crippen LogP contribution in [0.4, 0.5) is 0 Å². The zero-order valence-electron chi connectivity index (χ0n) is 9.48. The number of rotatable bonds is 3. The second kappa shape index (κ2) is 5.10. The number of hydrogen-bond donors (Lipinski definition) is 1. The molecule has 0 aliphatic heterocycles. The van der Waals surface area contributed by atoms with Gasteiger partial charge in [0.1, 0.15) is 11.6 Å². The van der Waals surface area contributed by atoms with Gasteiger partial charge >= 0.3 is 0 Å². The van der Waals surface area contributed by atoms with E-state index in [0.29, 0.717) is 24.0 Å². The lowest BCUT2D eigenvalue weighted by Crippen LogP contribution is -2.14. The summed E-state index contributed by atoms with van der Waals surface area (Å²) in [5.74, 6) is 2.18. The first-order valence-electron chi connectivity index (χ1n) is 5.93. The molecule has 0 spiro atoms. The molecule has 0 saturated heterocycles. The van der Waals surface area contributed by atoms with Gasteiger partial charge in [-0.2, -0.15) is 0 Å². The average molecular weight is 218 g/mol. The van der Waals surface area contributed by atoms with Crippen LogP contribution in [0.2, 0.25) is 0 Å². The lowest BCUT2D eigenvalue weighted by Gasteiger charge is -2.21. The summed E-state index contributed by atoms with van der Waals surface area (Å²) < 4.78 is 0. The Morgan fingerprint density at radius 2 is 2.50 bits per heavy atom. The molecule has 1 aliphatic carbocycles. The highest BCUT2D eigenvalue weighted by Gasteiger charge is 2.28. The molecule has 1 fully saturated rings. The van der Waals surface area contributed by atoms with Crippen molar-refractivity contribution in [2.75, 3.05) is 0 Å². The Morgan fingerprint density at radius 1 is 1.62 bits per heavy atom. The summed E-state index contributed by atoms with van der Waals surface area (Å²) in [5.41, 5.74) is 0. The van der Waals surface area contributed by atoms with Gasteiger partial charge in [0.25, 0.3) is 0 Å². The molecule has 1 N–H and O–H groups in total. The van der Waals surface area contributed by atoms with E-state index in [1.807, 2.05) is 12.3 Å². The third kappa shape index (κ3) is 2.40. The van der Waals surface area contributed by atoms with Gasteiger partial charge in [-0.1, -0.05) is 6.08 Å². The maximum Gasteiger partial charge on any atom is 0.133 e. The van der Waals surface area contributed by atoms with Gasteiger partial charge in [-0.3, -0.25) is 4.79 Å². The van der Waals surface area contributed by atoms with E-state index in [2.05, 4.69) is 16.5 Å². The molecule has 1 aliphatic rings. The minimum absolute atomic E-state index is 0.374. The number of Topliss-reactive ketones (excluding diaryl/α,β-unsaturated/α-hetero) is 1. The van der Waals surface area contributed by atoms with Crippen molar-refractivity contribution in [3.05, 3.63) is 30.9 Å². The van der Waals surface area contributed by atoms with E-state index in [1.165, 1.54) is 0 Å². The zero-order valence-corrected chi connectivity index (χ0v) is 9.48. The van der Waals surface area contributed by atoms with Crippen LogP contribution >= 0.6 is 0 Å². The Kier molecular flexibility index (Phi) is 3.54. The molecular weight excluding hydrogens is 200 g/mol. The fourth-order valence-corrected chi connectivity index (χ4v) is 2.59. The standard InChI is InChI=1S/C13H18N2O/c1-2-4-10-9-11(16)5-3-6-12(10)13-14-7-8-15-13/h2,7-8,10,12H,1,3-6,9H2,(H,14,15).